The van der Waals surface area contributed by atoms with Gasteiger partial charge in [-0.05, 0) is 98.4 Å². The van der Waals surface area contributed by atoms with E-state index in [-0.39, 0.29) is 28.9 Å². The molecule has 0 bridgehead atoms. The molecule has 0 unspecified atom stereocenters. The Labute approximate surface area is 348 Å². The average Bonchev–Trinajstić information content (AvgIpc) is 4.02. The van der Waals surface area contributed by atoms with Gasteiger partial charge in [-0.1, -0.05) is 17.7 Å². The molecule has 0 aliphatic carbocycles. The van der Waals surface area contributed by atoms with Crippen molar-refractivity contribution >= 4 is 55.6 Å². The summed E-state index contributed by atoms with van der Waals surface area (Å²) < 4.78 is 43.1. The van der Waals surface area contributed by atoms with E-state index in [4.69, 9.17) is 9.47 Å². The Morgan fingerprint density at radius 1 is 0.700 bits per heavy atom. The summed E-state index contributed by atoms with van der Waals surface area (Å²) in [6.45, 7) is 15.6. The quantitative estimate of drug-likeness (QED) is 0.185. The fraction of sp³-hybridized carbons (Fsp3) is 0.442. The number of aromatic nitrogens is 8. The monoisotopic (exact) mass is 836 g/mol. The maximum Gasteiger partial charge on any atom is 0.410 e. The number of rotatable bonds is 4. The molecule has 2 fully saturated rings. The predicted molar refractivity (Wildman–Crippen MR) is 227 cm³/mol. The third kappa shape index (κ3) is 8.14. The van der Waals surface area contributed by atoms with Crippen molar-refractivity contribution in [2.24, 2.45) is 0 Å². The summed E-state index contributed by atoms with van der Waals surface area (Å²) >= 11 is 0. The normalized spacial score (nSPS) is 17.9. The number of imidazole rings is 2. The number of benzene rings is 1. The van der Waals surface area contributed by atoms with Gasteiger partial charge in [0.05, 0.1) is 51.7 Å². The summed E-state index contributed by atoms with van der Waals surface area (Å²) in [5.74, 6) is 1.94. The Morgan fingerprint density at radius 2 is 1.22 bits per heavy atom. The predicted octanol–water partition coefficient (Wildman–Crippen LogP) is 7.67. The van der Waals surface area contributed by atoms with Crippen molar-refractivity contribution in [2.45, 2.75) is 102 Å². The standard InChI is InChI=1S/C25H29N5O4S.C18H23N5O2/c1-17-7-9-20(10-8-17)35(32,33)29-13-11-21-23(29)27-15-19-14-26-22(30(19)21)18-6-5-12-28(16-18)24(31)34-25(2,3)4;1-18(2,3)25-17(24)22-8-4-5-12(11-22)16-21-10-13-9-20-15-14(23(13)16)6-7-19-15/h7-11,13-15,18H,5-6,12,16H2,1-4H3;6-7,9-10,12,19H,4-5,8,11H2,1-3H3/t18-;12-/m11/s1. The molecular weight excluding hydrogens is 785 g/mol. The van der Waals surface area contributed by atoms with Crippen molar-refractivity contribution in [3.05, 3.63) is 90.8 Å². The third-order valence-electron chi connectivity index (χ3n) is 10.7. The maximum absolute atomic E-state index is 13.4. The lowest BCUT2D eigenvalue weighted by Crippen LogP contribution is -2.42. The van der Waals surface area contributed by atoms with E-state index < -0.39 is 21.2 Å². The van der Waals surface area contributed by atoms with Crippen molar-refractivity contribution in [3.8, 4) is 0 Å². The fourth-order valence-electron chi connectivity index (χ4n) is 8.01. The van der Waals surface area contributed by atoms with E-state index in [0.29, 0.717) is 30.8 Å². The molecule has 0 saturated carbocycles. The Bertz CT molecular complexity index is 2810. The van der Waals surface area contributed by atoms with Gasteiger partial charge >= 0.3 is 12.2 Å². The minimum atomic E-state index is -3.81. The summed E-state index contributed by atoms with van der Waals surface area (Å²) in [4.78, 5) is 50.1. The number of fused-ring (bicyclic) bond motifs is 6. The van der Waals surface area contributed by atoms with Crippen LogP contribution in [0.1, 0.15) is 96.3 Å². The van der Waals surface area contributed by atoms with Gasteiger partial charge in [-0.15, -0.1) is 0 Å². The number of piperidine rings is 2. The van der Waals surface area contributed by atoms with Crippen LogP contribution in [0.25, 0.3) is 33.4 Å². The van der Waals surface area contributed by atoms with Crippen LogP contribution in [0.15, 0.2) is 78.5 Å². The largest absolute Gasteiger partial charge is 0.444 e. The van der Waals surface area contributed by atoms with Crippen LogP contribution in [-0.2, 0) is 19.5 Å². The maximum atomic E-state index is 13.4. The van der Waals surface area contributed by atoms with Gasteiger partial charge in [-0.25, -0.2) is 41.9 Å². The van der Waals surface area contributed by atoms with Crippen molar-refractivity contribution in [1.82, 2.24) is 47.5 Å². The van der Waals surface area contributed by atoms with Crippen molar-refractivity contribution in [1.29, 1.82) is 0 Å². The molecule has 0 radical (unpaired) electrons. The fourth-order valence-corrected chi connectivity index (χ4v) is 9.31. The summed E-state index contributed by atoms with van der Waals surface area (Å²) in [6.07, 6.45) is 13.5. The van der Waals surface area contributed by atoms with E-state index in [1.807, 2.05) is 77.5 Å². The molecule has 16 nitrogen and oxygen atoms in total. The van der Waals surface area contributed by atoms with Crippen LogP contribution in [0.5, 0.6) is 0 Å². The lowest BCUT2D eigenvalue weighted by molar-refractivity contribution is 0.0186. The molecule has 2 amide bonds. The van der Waals surface area contributed by atoms with E-state index in [9.17, 15) is 18.0 Å². The molecule has 0 spiro atoms. The van der Waals surface area contributed by atoms with Gasteiger partial charge in [-0.2, -0.15) is 0 Å². The van der Waals surface area contributed by atoms with Crippen LogP contribution in [0.3, 0.4) is 0 Å². The Kier molecular flexibility index (Phi) is 10.6. The van der Waals surface area contributed by atoms with E-state index in [1.165, 1.54) is 10.2 Å². The number of nitrogens with zero attached hydrogens (tertiary/aromatic N) is 9. The van der Waals surface area contributed by atoms with Gasteiger partial charge in [0.2, 0.25) is 0 Å². The second-order valence-corrected chi connectivity index (χ2v) is 19.5. The molecule has 316 valence electrons. The van der Waals surface area contributed by atoms with Crippen LogP contribution in [0, 0.1) is 6.92 Å². The van der Waals surface area contributed by atoms with E-state index in [2.05, 4.69) is 29.3 Å². The highest BCUT2D eigenvalue weighted by molar-refractivity contribution is 7.90. The zero-order valence-corrected chi connectivity index (χ0v) is 35.9. The number of nitrogens with one attached hydrogen (secondary N) is 1. The Hall–Kier alpha value is -5.97. The highest BCUT2D eigenvalue weighted by Crippen LogP contribution is 2.32. The number of carbonyl (C=O) groups excluding carboxylic acids is 2. The lowest BCUT2D eigenvalue weighted by atomic mass is 9.97. The first-order chi connectivity index (χ1) is 28.5. The molecule has 17 heteroatoms. The SMILES string of the molecule is CC(C)(C)OC(=O)N1CCC[C@@H](c2ncc3cnc4[nH]ccc4n23)C1.Cc1ccc(S(=O)(=O)n2ccc3c2ncc2cnc([C@@H]4CCCN(C(=O)OC(C)(C)C)C4)n23)cc1. The molecule has 7 aromatic rings. The Balaban J connectivity index is 0.000000176. The summed E-state index contributed by atoms with van der Waals surface area (Å²) in [5.41, 5.74) is 4.52. The van der Waals surface area contributed by atoms with Crippen LogP contribution < -0.4 is 0 Å². The van der Waals surface area contributed by atoms with Crippen molar-refractivity contribution in [2.75, 3.05) is 26.2 Å². The van der Waals surface area contributed by atoms with E-state index >= 15 is 0 Å². The molecule has 8 heterocycles. The number of aryl methyl sites for hydroxylation is 1. The van der Waals surface area contributed by atoms with Gasteiger partial charge in [-0.3, -0.25) is 8.80 Å². The number of aromatic amines is 1. The molecule has 9 rings (SSSR count). The minimum absolute atomic E-state index is 0.0126. The number of likely N-dealkylation sites (tertiary alicyclic amines) is 2. The molecule has 6 aromatic heterocycles. The molecule has 2 aliphatic heterocycles. The van der Waals surface area contributed by atoms with Crippen LogP contribution >= 0.6 is 0 Å². The molecule has 1 aromatic carbocycles. The number of hydrogen-bond donors (Lipinski definition) is 1. The van der Waals surface area contributed by atoms with Gasteiger partial charge in [0, 0.05) is 50.4 Å². The van der Waals surface area contributed by atoms with Crippen LogP contribution in [0.4, 0.5) is 9.59 Å². The summed E-state index contributed by atoms with van der Waals surface area (Å²) in [7, 11) is -3.81. The first-order valence-electron chi connectivity index (χ1n) is 20.4. The second kappa shape index (κ2) is 15.6. The van der Waals surface area contributed by atoms with Crippen LogP contribution in [0.2, 0.25) is 0 Å². The topological polar surface area (TPSA) is 174 Å². The summed E-state index contributed by atoms with van der Waals surface area (Å²) in [5, 5.41) is 0. The first kappa shape index (κ1) is 40.8. The third-order valence-corrected chi connectivity index (χ3v) is 12.4. The number of carbonyl (C=O) groups is 2. The molecule has 60 heavy (non-hydrogen) atoms. The van der Waals surface area contributed by atoms with Gasteiger partial charge in [0.1, 0.15) is 22.9 Å². The average molecular weight is 837 g/mol. The molecule has 1 N–H and O–H groups in total. The zero-order chi connectivity index (χ0) is 42.6. The highest BCUT2D eigenvalue weighted by atomic mass is 32.2. The zero-order valence-electron chi connectivity index (χ0n) is 35.1. The molecule has 2 saturated heterocycles. The van der Waals surface area contributed by atoms with Gasteiger partial charge < -0.3 is 24.3 Å². The number of H-pyrrole nitrogens is 1. The second-order valence-electron chi connectivity index (χ2n) is 17.7. The lowest BCUT2D eigenvalue weighted by Gasteiger charge is -2.33. The Morgan fingerprint density at radius 3 is 1.77 bits per heavy atom. The van der Waals surface area contributed by atoms with Gasteiger partial charge in [0.15, 0.2) is 11.3 Å². The molecule has 2 atom stereocenters. The number of ether oxygens (including phenoxy) is 2. The summed E-state index contributed by atoms with van der Waals surface area (Å²) in [6, 6.07) is 10.5. The van der Waals surface area contributed by atoms with Crippen molar-refractivity contribution < 1.29 is 27.5 Å². The first-order valence-corrected chi connectivity index (χ1v) is 21.8. The smallest absolute Gasteiger partial charge is 0.410 e. The van der Waals surface area contributed by atoms with Crippen LogP contribution in [-0.4, -0.2) is 105 Å². The highest BCUT2D eigenvalue weighted by Gasteiger charge is 2.33. The molecule has 2 aliphatic rings. The van der Waals surface area contributed by atoms with E-state index in [0.717, 1.165) is 71.6 Å². The van der Waals surface area contributed by atoms with Crippen molar-refractivity contribution in [3.63, 3.8) is 0 Å². The number of hydrogen-bond acceptors (Lipinski definition) is 10. The van der Waals surface area contributed by atoms with Gasteiger partial charge in [0.25, 0.3) is 10.0 Å². The number of amides is 2. The minimum Gasteiger partial charge on any atom is -0.444 e. The molecular formula is C43H52N10O6S. The van der Waals surface area contributed by atoms with E-state index in [1.54, 1.807) is 52.5 Å².